The molecule has 2 aromatic rings. The summed E-state index contributed by atoms with van der Waals surface area (Å²) in [4.78, 5) is 39.2. The monoisotopic (exact) mass is 298 g/mol. The predicted molar refractivity (Wildman–Crippen MR) is 79.9 cm³/mol. The molecule has 3 rings (SSSR count). The van der Waals surface area contributed by atoms with E-state index < -0.39 is 23.8 Å². The molecule has 3 amide bonds. The summed E-state index contributed by atoms with van der Waals surface area (Å²) in [5, 5.41) is 6.01. The van der Waals surface area contributed by atoms with Gasteiger partial charge in [0.1, 0.15) is 11.7 Å². The van der Waals surface area contributed by atoms with E-state index in [0.29, 0.717) is 11.1 Å². The zero-order valence-corrected chi connectivity index (χ0v) is 11.8. The van der Waals surface area contributed by atoms with Crippen molar-refractivity contribution in [2.75, 3.05) is 5.73 Å². The van der Waals surface area contributed by atoms with Crippen molar-refractivity contribution >= 4 is 34.2 Å². The number of carbonyl (C=O) groups excluding carboxylic acids is 3. The second kappa shape index (κ2) is 5.10. The number of aryl methyl sites for hydroxylation is 1. The lowest BCUT2D eigenvalue weighted by Gasteiger charge is -2.11. The number of nitrogens with two attached hydrogens (primary N) is 1. The van der Waals surface area contributed by atoms with Crippen molar-refractivity contribution in [2.45, 2.75) is 19.4 Å². The number of amides is 3. The number of nitrogens with zero attached hydrogens (tertiary/aromatic N) is 1. The van der Waals surface area contributed by atoms with E-state index in [1.165, 1.54) is 6.20 Å². The lowest BCUT2D eigenvalue weighted by molar-refractivity contribution is -0.125. The number of fused-ring (bicyclic) bond motifs is 1. The third-order valence-electron chi connectivity index (χ3n) is 3.55. The van der Waals surface area contributed by atoms with Gasteiger partial charge in [-0.15, -0.1) is 0 Å². The smallest absolute Gasteiger partial charge is 0.271 e. The summed E-state index contributed by atoms with van der Waals surface area (Å²) in [6, 6.07) is 4.49. The molecular formula is C15H14N4O3. The topological polar surface area (TPSA) is 114 Å². The summed E-state index contributed by atoms with van der Waals surface area (Å²) in [5.41, 5.74) is 7.60. The van der Waals surface area contributed by atoms with Crippen LogP contribution in [0.5, 0.6) is 0 Å². The predicted octanol–water partition coefficient (Wildman–Crippen LogP) is 0.270. The Morgan fingerprint density at radius 3 is 2.82 bits per heavy atom. The van der Waals surface area contributed by atoms with Gasteiger partial charge in [-0.25, -0.2) is 0 Å². The molecule has 4 N–H and O–H groups in total. The molecule has 7 nitrogen and oxygen atoms in total. The van der Waals surface area contributed by atoms with Crippen molar-refractivity contribution in [3.8, 4) is 0 Å². The summed E-state index contributed by atoms with van der Waals surface area (Å²) in [6.07, 6.45) is 1.43. The number of hydrogen-bond acceptors (Lipinski definition) is 5. The number of imide groups is 1. The molecule has 7 heteroatoms. The van der Waals surface area contributed by atoms with Crippen LogP contribution in [0.4, 0.5) is 5.69 Å². The number of nitrogens with one attached hydrogen (secondary N) is 2. The maximum absolute atomic E-state index is 12.4. The first-order valence-corrected chi connectivity index (χ1v) is 6.75. The number of rotatable bonds is 2. The van der Waals surface area contributed by atoms with Crippen molar-refractivity contribution in [3.63, 3.8) is 0 Å². The maximum atomic E-state index is 12.4. The minimum atomic E-state index is -0.862. The van der Waals surface area contributed by atoms with Crippen molar-refractivity contribution in [2.24, 2.45) is 0 Å². The highest BCUT2D eigenvalue weighted by molar-refractivity contribution is 6.11. The fourth-order valence-electron chi connectivity index (χ4n) is 2.54. The Morgan fingerprint density at radius 2 is 2.14 bits per heavy atom. The lowest BCUT2D eigenvalue weighted by Crippen LogP contribution is -2.40. The van der Waals surface area contributed by atoms with E-state index in [4.69, 9.17) is 5.73 Å². The van der Waals surface area contributed by atoms with Crippen LogP contribution < -0.4 is 16.4 Å². The van der Waals surface area contributed by atoms with E-state index in [0.717, 1.165) is 10.9 Å². The zero-order valence-electron chi connectivity index (χ0n) is 11.8. The van der Waals surface area contributed by atoms with Gasteiger partial charge in [0.15, 0.2) is 0 Å². The minimum Gasteiger partial charge on any atom is -0.398 e. The van der Waals surface area contributed by atoms with Crippen LogP contribution >= 0.6 is 0 Å². The highest BCUT2D eigenvalue weighted by atomic mass is 16.2. The normalized spacial score (nSPS) is 17.6. The van der Waals surface area contributed by atoms with Crippen molar-refractivity contribution < 1.29 is 14.4 Å². The molecule has 112 valence electrons. The van der Waals surface area contributed by atoms with E-state index in [2.05, 4.69) is 15.6 Å². The largest absolute Gasteiger partial charge is 0.398 e. The Balaban J connectivity index is 1.98. The third-order valence-corrected chi connectivity index (χ3v) is 3.55. The minimum absolute atomic E-state index is 0.0590. The molecule has 1 aromatic heterocycles. The standard InChI is InChI=1S/C15H14N4O3/c1-7-4-9-8(10(16)5-7)2-3-17-13(9)15(22)18-11-6-12(20)19-14(11)21/h2-5,11H,6,16H2,1H3,(H,18,22)(H,19,20,21). The Morgan fingerprint density at radius 1 is 1.36 bits per heavy atom. The first-order chi connectivity index (χ1) is 10.5. The van der Waals surface area contributed by atoms with Gasteiger partial charge in [-0.2, -0.15) is 0 Å². The van der Waals surface area contributed by atoms with Gasteiger partial charge in [0.2, 0.25) is 11.8 Å². The molecule has 2 heterocycles. The van der Waals surface area contributed by atoms with Crippen molar-refractivity contribution in [1.82, 2.24) is 15.6 Å². The molecular weight excluding hydrogens is 284 g/mol. The third kappa shape index (κ3) is 2.37. The van der Waals surface area contributed by atoms with Gasteiger partial charge in [0, 0.05) is 22.7 Å². The molecule has 1 fully saturated rings. The van der Waals surface area contributed by atoms with E-state index in [-0.39, 0.29) is 12.1 Å². The molecule has 1 unspecified atom stereocenters. The van der Waals surface area contributed by atoms with Gasteiger partial charge in [-0.1, -0.05) is 0 Å². The van der Waals surface area contributed by atoms with E-state index >= 15 is 0 Å². The summed E-state index contributed by atoms with van der Waals surface area (Å²) in [6.45, 7) is 1.87. The lowest BCUT2D eigenvalue weighted by atomic mass is 10.0. The van der Waals surface area contributed by atoms with Crippen molar-refractivity contribution in [1.29, 1.82) is 0 Å². The van der Waals surface area contributed by atoms with Crippen LogP contribution in [-0.2, 0) is 9.59 Å². The molecule has 0 radical (unpaired) electrons. The Bertz CT molecular complexity index is 816. The highest BCUT2D eigenvalue weighted by Gasteiger charge is 2.32. The van der Waals surface area contributed by atoms with Gasteiger partial charge >= 0.3 is 0 Å². The first-order valence-electron chi connectivity index (χ1n) is 6.75. The number of hydrogen-bond donors (Lipinski definition) is 3. The van der Waals surface area contributed by atoms with Crippen molar-refractivity contribution in [3.05, 3.63) is 35.7 Å². The number of nitrogen functional groups attached to an aromatic ring is 1. The van der Waals surface area contributed by atoms with E-state index in [9.17, 15) is 14.4 Å². The van der Waals surface area contributed by atoms with E-state index in [1.807, 2.05) is 19.1 Å². The molecule has 22 heavy (non-hydrogen) atoms. The maximum Gasteiger partial charge on any atom is 0.271 e. The zero-order chi connectivity index (χ0) is 15.9. The summed E-state index contributed by atoms with van der Waals surface area (Å²) >= 11 is 0. The molecule has 1 aliphatic rings. The SMILES string of the molecule is Cc1cc(N)c2ccnc(C(=O)NC3CC(=O)NC3=O)c2c1. The molecule has 0 spiro atoms. The fraction of sp³-hybridized carbons (Fsp3) is 0.200. The molecule has 0 bridgehead atoms. The van der Waals surface area contributed by atoms with Crippen LogP contribution in [0.1, 0.15) is 22.5 Å². The van der Waals surface area contributed by atoms with E-state index in [1.54, 1.807) is 6.07 Å². The fourth-order valence-corrected chi connectivity index (χ4v) is 2.54. The number of carbonyl (C=O) groups is 3. The van der Waals surface area contributed by atoms with Gasteiger partial charge < -0.3 is 11.1 Å². The van der Waals surface area contributed by atoms with Gasteiger partial charge in [-0.05, 0) is 30.7 Å². The summed E-state index contributed by atoms with van der Waals surface area (Å²) in [5.74, 6) is -1.42. The van der Waals surface area contributed by atoms with Gasteiger partial charge in [-0.3, -0.25) is 24.7 Å². The quantitative estimate of drug-likeness (QED) is 0.544. The van der Waals surface area contributed by atoms with Crippen LogP contribution in [0.2, 0.25) is 0 Å². The van der Waals surface area contributed by atoms with Crippen LogP contribution in [0, 0.1) is 6.92 Å². The molecule has 1 aliphatic heterocycles. The molecule has 1 atom stereocenters. The van der Waals surface area contributed by atoms with Crippen LogP contribution in [0.3, 0.4) is 0 Å². The molecule has 1 aromatic carbocycles. The highest BCUT2D eigenvalue weighted by Crippen LogP contribution is 2.24. The Kier molecular flexibility index (Phi) is 3.25. The second-order valence-electron chi connectivity index (χ2n) is 5.25. The van der Waals surface area contributed by atoms with Gasteiger partial charge in [0.05, 0.1) is 6.42 Å². The molecule has 0 aliphatic carbocycles. The first kappa shape index (κ1) is 14.0. The molecule has 0 saturated carbocycles. The van der Waals surface area contributed by atoms with Crippen LogP contribution in [0.25, 0.3) is 10.8 Å². The average molecular weight is 298 g/mol. The van der Waals surface area contributed by atoms with Gasteiger partial charge in [0.25, 0.3) is 5.91 Å². The number of anilines is 1. The second-order valence-corrected chi connectivity index (χ2v) is 5.25. The summed E-state index contributed by atoms with van der Waals surface area (Å²) in [7, 11) is 0. The van der Waals surface area contributed by atoms with Crippen LogP contribution in [-0.4, -0.2) is 28.7 Å². The van der Waals surface area contributed by atoms with Crippen LogP contribution in [0.15, 0.2) is 24.4 Å². The number of aromatic nitrogens is 1. The average Bonchev–Trinajstić information content (AvgIpc) is 2.76. The Labute approximate surface area is 125 Å². The Hall–Kier alpha value is -2.96. The molecule has 1 saturated heterocycles. The summed E-state index contributed by atoms with van der Waals surface area (Å²) < 4.78 is 0. The number of pyridine rings is 1. The number of benzene rings is 1.